The second kappa shape index (κ2) is 5.30. The minimum Gasteiger partial charge on any atom is -0.338 e. The fraction of sp³-hybridized carbons (Fsp3) is 0.467. The van der Waals surface area contributed by atoms with Gasteiger partial charge in [-0.25, -0.2) is 12.8 Å². The summed E-state index contributed by atoms with van der Waals surface area (Å²) in [4.78, 5) is 25.8. The average Bonchev–Trinajstić information content (AvgIpc) is 2.67. The van der Waals surface area contributed by atoms with Gasteiger partial charge in [-0.15, -0.1) is 0 Å². The highest BCUT2D eigenvalue weighted by atomic mass is 32.2. The Morgan fingerprint density at radius 3 is 2.43 bits per heavy atom. The maximum Gasteiger partial charge on any atom is 0.253 e. The van der Waals surface area contributed by atoms with E-state index in [-0.39, 0.29) is 37.4 Å². The van der Waals surface area contributed by atoms with Gasteiger partial charge >= 0.3 is 0 Å². The molecule has 2 amide bonds. The molecule has 0 N–H and O–H groups in total. The summed E-state index contributed by atoms with van der Waals surface area (Å²) in [6, 6.07) is 5.40. The van der Waals surface area contributed by atoms with E-state index in [0.29, 0.717) is 0 Å². The first-order chi connectivity index (χ1) is 10.8. The number of carbonyl (C=O) groups excluding carboxylic acids is 2. The van der Waals surface area contributed by atoms with Crippen molar-refractivity contribution in [2.75, 3.05) is 25.9 Å². The van der Waals surface area contributed by atoms with Gasteiger partial charge in [0.25, 0.3) is 5.91 Å². The molecule has 8 heteroatoms. The number of hydrogen-bond acceptors (Lipinski definition) is 4. The van der Waals surface area contributed by atoms with Crippen LogP contribution in [0.4, 0.5) is 4.39 Å². The molecule has 124 valence electrons. The normalized spacial score (nSPS) is 22.6. The summed E-state index contributed by atoms with van der Waals surface area (Å²) in [5, 5.41) is 0. The minimum atomic E-state index is -3.55. The molecule has 2 aliphatic rings. The fourth-order valence-corrected chi connectivity index (χ4v) is 5.45. The van der Waals surface area contributed by atoms with Gasteiger partial charge in [-0.3, -0.25) is 9.59 Å². The smallest absolute Gasteiger partial charge is 0.253 e. The Labute approximate surface area is 133 Å². The Morgan fingerprint density at radius 1 is 1.26 bits per heavy atom. The lowest BCUT2D eigenvalue weighted by Crippen LogP contribution is -2.55. The Kier molecular flexibility index (Phi) is 3.66. The quantitative estimate of drug-likeness (QED) is 0.752. The van der Waals surface area contributed by atoms with E-state index >= 15 is 0 Å². The maximum atomic E-state index is 13.2. The number of hydrogen-bond donors (Lipinski definition) is 0. The van der Waals surface area contributed by atoms with Crippen LogP contribution in [0.5, 0.6) is 0 Å². The van der Waals surface area contributed by atoms with Gasteiger partial charge in [-0.1, -0.05) is 6.07 Å². The molecule has 2 aliphatic heterocycles. The summed E-state index contributed by atoms with van der Waals surface area (Å²) < 4.78 is 37.9. The van der Waals surface area contributed by atoms with Gasteiger partial charge in [0.05, 0.1) is 0 Å². The van der Waals surface area contributed by atoms with Crippen LogP contribution in [0.15, 0.2) is 24.3 Å². The van der Waals surface area contributed by atoms with Gasteiger partial charge in [-0.2, -0.15) is 0 Å². The predicted octanol–water partition coefficient (Wildman–Crippen LogP) is 0.645. The van der Waals surface area contributed by atoms with Crippen molar-refractivity contribution in [3.8, 4) is 0 Å². The summed E-state index contributed by atoms with van der Waals surface area (Å²) in [6.07, 6.45) is 0.358. The van der Waals surface area contributed by atoms with Crippen molar-refractivity contribution in [3.63, 3.8) is 0 Å². The van der Waals surface area contributed by atoms with Gasteiger partial charge in [0.15, 0.2) is 9.84 Å². The van der Waals surface area contributed by atoms with Crippen molar-refractivity contribution >= 4 is 21.7 Å². The molecule has 0 saturated carbocycles. The monoisotopic (exact) mass is 340 g/mol. The number of nitrogens with zero attached hydrogens (tertiary/aromatic N) is 2. The molecule has 2 saturated heterocycles. The van der Waals surface area contributed by atoms with E-state index in [1.165, 1.54) is 35.0 Å². The molecular weight excluding hydrogens is 323 g/mol. The molecule has 23 heavy (non-hydrogen) atoms. The molecule has 1 aromatic rings. The molecule has 0 unspecified atom stereocenters. The lowest BCUT2D eigenvalue weighted by Gasteiger charge is -2.41. The molecule has 1 spiro atoms. The van der Waals surface area contributed by atoms with Crippen LogP contribution in [-0.2, 0) is 14.6 Å². The largest absolute Gasteiger partial charge is 0.338 e. The number of piperidine rings is 1. The van der Waals surface area contributed by atoms with Crippen LogP contribution in [0.3, 0.4) is 0 Å². The lowest BCUT2D eigenvalue weighted by atomic mass is 10.0. The maximum absolute atomic E-state index is 13.2. The first-order valence-electron chi connectivity index (χ1n) is 7.31. The summed E-state index contributed by atoms with van der Waals surface area (Å²) in [7, 11) is -2.05. The molecule has 0 bridgehead atoms. The van der Waals surface area contributed by atoms with Crippen LogP contribution in [0, 0.1) is 5.82 Å². The van der Waals surface area contributed by atoms with Crippen LogP contribution >= 0.6 is 0 Å². The SMILES string of the molecule is CN1C(=O)CS(=O)(=O)C12CCN(C(=O)c1cccc(F)c1)CC2. The van der Waals surface area contributed by atoms with Crippen molar-refractivity contribution < 1.29 is 22.4 Å². The van der Waals surface area contributed by atoms with E-state index in [1.807, 2.05) is 0 Å². The number of halogens is 1. The zero-order chi connectivity index (χ0) is 16.8. The van der Waals surface area contributed by atoms with Crippen LogP contribution < -0.4 is 0 Å². The topological polar surface area (TPSA) is 74.8 Å². The highest BCUT2D eigenvalue weighted by molar-refractivity contribution is 7.93. The van der Waals surface area contributed by atoms with Crippen LogP contribution in [-0.4, -0.2) is 60.8 Å². The van der Waals surface area contributed by atoms with E-state index in [1.54, 1.807) is 0 Å². The summed E-state index contributed by atoms with van der Waals surface area (Å²) >= 11 is 0. The second-order valence-corrected chi connectivity index (χ2v) is 8.24. The highest BCUT2D eigenvalue weighted by Gasteiger charge is 2.57. The molecule has 0 aliphatic carbocycles. The fourth-order valence-electron chi connectivity index (χ4n) is 3.34. The third-order valence-corrected chi connectivity index (χ3v) is 7.25. The van der Waals surface area contributed by atoms with Gasteiger partial charge in [0, 0.05) is 38.5 Å². The van der Waals surface area contributed by atoms with Crippen LogP contribution in [0.2, 0.25) is 0 Å². The average molecular weight is 340 g/mol. The number of amides is 2. The third-order valence-electron chi connectivity index (χ3n) is 4.78. The number of carbonyl (C=O) groups is 2. The van der Waals surface area contributed by atoms with Crippen LogP contribution in [0.25, 0.3) is 0 Å². The minimum absolute atomic E-state index is 0.179. The highest BCUT2D eigenvalue weighted by Crippen LogP contribution is 2.38. The molecule has 2 heterocycles. The van der Waals surface area contributed by atoms with Crippen molar-refractivity contribution in [2.24, 2.45) is 0 Å². The number of rotatable bonds is 1. The molecule has 0 radical (unpaired) electrons. The summed E-state index contributed by atoms with van der Waals surface area (Å²) in [6.45, 7) is 0.429. The zero-order valence-corrected chi connectivity index (χ0v) is 13.5. The molecular formula is C15H17FN2O4S. The standard InChI is InChI=1S/C15H17FN2O4S/c1-17-13(19)10-23(21,22)15(17)5-7-18(8-6-15)14(20)11-3-2-4-12(16)9-11/h2-4,9H,5-8,10H2,1H3. The summed E-state index contributed by atoms with van der Waals surface area (Å²) in [5.74, 6) is -1.70. The van der Waals surface area contributed by atoms with Crippen molar-refractivity contribution in [3.05, 3.63) is 35.6 Å². The van der Waals surface area contributed by atoms with Gasteiger partial charge in [0.1, 0.15) is 16.4 Å². The van der Waals surface area contributed by atoms with Gasteiger partial charge in [-0.05, 0) is 18.2 Å². The zero-order valence-electron chi connectivity index (χ0n) is 12.7. The van der Waals surface area contributed by atoms with E-state index < -0.39 is 32.2 Å². The number of sulfone groups is 1. The van der Waals surface area contributed by atoms with Crippen molar-refractivity contribution in [2.45, 2.75) is 17.7 Å². The molecule has 2 fully saturated rings. The predicted molar refractivity (Wildman–Crippen MR) is 80.8 cm³/mol. The van der Waals surface area contributed by atoms with E-state index in [2.05, 4.69) is 0 Å². The first-order valence-corrected chi connectivity index (χ1v) is 8.96. The van der Waals surface area contributed by atoms with Gasteiger partial charge < -0.3 is 9.80 Å². The van der Waals surface area contributed by atoms with Crippen molar-refractivity contribution in [1.29, 1.82) is 0 Å². The second-order valence-electron chi connectivity index (χ2n) is 5.96. The van der Waals surface area contributed by atoms with Crippen molar-refractivity contribution in [1.82, 2.24) is 9.80 Å². The Bertz CT molecular complexity index is 769. The first kappa shape index (κ1) is 15.9. The molecule has 1 aromatic carbocycles. The Morgan fingerprint density at radius 2 is 1.91 bits per heavy atom. The van der Waals surface area contributed by atoms with Gasteiger partial charge in [0.2, 0.25) is 5.91 Å². The van der Waals surface area contributed by atoms with E-state index in [9.17, 15) is 22.4 Å². The van der Waals surface area contributed by atoms with Crippen LogP contribution in [0.1, 0.15) is 23.2 Å². The third kappa shape index (κ3) is 2.41. The number of likely N-dealkylation sites (tertiary alicyclic amines) is 1. The summed E-state index contributed by atoms with van der Waals surface area (Å²) in [5.41, 5.74) is 0.236. The number of benzene rings is 1. The Hall–Kier alpha value is -1.96. The lowest BCUT2D eigenvalue weighted by molar-refractivity contribution is -0.129. The molecule has 3 rings (SSSR count). The molecule has 6 nitrogen and oxygen atoms in total. The molecule has 0 atom stereocenters. The molecule has 0 aromatic heterocycles. The Balaban J connectivity index is 1.79. The van der Waals surface area contributed by atoms with E-state index in [4.69, 9.17) is 0 Å². The van der Waals surface area contributed by atoms with E-state index in [0.717, 1.165) is 6.07 Å².